The van der Waals surface area contributed by atoms with Crippen molar-refractivity contribution in [3.05, 3.63) is 133 Å². The lowest BCUT2D eigenvalue weighted by Gasteiger charge is -2.13. The van der Waals surface area contributed by atoms with Gasteiger partial charge in [-0.05, 0) is 145 Å². The summed E-state index contributed by atoms with van der Waals surface area (Å²) in [6.45, 7) is 16.2. The third-order valence-corrected chi connectivity index (χ3v) is 9.78. The van der Waals surface area contributed by atoms with E-state index >= 15 is 0 Å². The molecule has 0 N–H and O–H groups in total. The fourth-order valence-electron chi connectivity index (χ4n) is 6.53. The minimum absolute atomic E-state index is 0.00608. The molecule has 4 aromatic carbocycles. The van der Waals surface area contributed by atoms with Crippen LogP contribution in [-0.4, -0.2) is 38.4 Å². The van der Waals surface area contributed by atoms with E-state index in [0.29, 0.717) is 72.4 Å². The molecule has 0 aliphatic heterocycles. The molecule has 0 bridgehead atoms. The van der Waals surface area contributed by atoms with Crippen LogP contribution in [0.15, 0.2) is 111 Å². The molecule has 54 heavy (non-hydrogen) atoms. The minimum Gasteiger partial charge on any atom is -0.502 e. The van der Waals surface area contributed by atoms with Crippen LogP contribution in [0.2, 0.25) is 0 Å². The average Bonchev–Trinajstić information content (AvgIpc) is 3.45. The van der Waals surface area contributed by atoms with Gasteiger partial charge in [0.2, 0.25) is 0 Å². The van der Waals surface area contributed by atoms with Gasteiger partial charge in [0.25, 0.3) is 0 Å². The largest absolute Gasteiger partial charge is 0.502 e. The first-order valence-electron chi connectivity index (χ1n) is 18.9. The summed E-state index contributed by atoms with van der Waals surface area (Å²) < 4.78 is 33.7. The lowest BCUT2D eigenvalue weighted by molar-refractivity contribution is 0.0725. The van der Waals surface area contributed by atoms with Crippen molar-refractivity contribution >= 4 is 11.9 Å². The van der Waals surface area contributed by atoms with Gasteiger partial charge < -0.3 is 28.4 Å². The van der Waals surface area contributed by atoms with E-state index in [2.05, 4.69) is 33.9 Å². The summed E-state index contributed by atoms with van der Waals surface area (Å²) in [5, 5.41) is 0. The van der Waals surface area contributed by atoms with Gasteiger partial charge in [0.15, 0.2) is 0 Å². The number of rotatable bonds is 22. The first-order valence-corrected chi connectivity index (χ1v) is 18.9. The maximum absolute atomic E-state index is 13.0. The van der Waals surface area contributed by atoms with Crippen LogP contribution in [-0.2, 0) is 9.47 Å². The molecule has 0 saturated heterocycles. The Morgan fingerprint density at radius 3 is 1.35 bits per heavy atom. The second kappa shape index (κ2) is 20.1. The molecule has 0 aromatic heterocycles. The van der Waals surface area contributed by atoms with Crippen LogP contribution in [0.25, 0.3) is 11.1 Å². The Labute approximate surface area is 319 Å². The zero-order valence-electron chi connectivity index (χ0n) is 31.7. The number of esters is 2. The highest BCUT2D eigenvalue weighted by atomic mass is 16.5. The van der Waals surface area contributed by atoms with Crippen LogP contribution in [0, 0.1) is 11.8 Å². The quantitative estimate of drug-likeness (QED) is 0.0341. The van der Waals surface area contributed by atoms with Crippen LogP contribution >= 0.6 is 0 Å². The number of carbonyl (C=O) groups excluding carboxylic acids is 2. The molecule has 284 valence electrons. The monoisotopic (exact) mass is 732 g/mol. The number of fused-ring (bicyclic) bond motifs is 3. The van der Waals surface area contributed by atoms with Gasteiger partial charge in [0.1, 0.15) is 23.0 Å². The number of hydrogen-bond acceptors (Lipinski definition) is 8. The zero-order chi connectivity index (χ0) is 38.3. The standard InChI is InChI=1S/C46H52O8/c1-6-49-26-8-10-32(3)24-28-51-37-16-12-35(13-17-37)45(47)53-39-20-22-41-42-23-21-40(31-44(42)34(5)43(41)30-39)54-46(48)36-14-18-38(19-15-36)52-29-25-33(4)11-9-27-50-7-2/h6-7,12-23,30-34H,1-2,8-11,24-29H2,3-5H3/t32-,33?,34?/m0/s1. The summed E-state index contributed by atoms with van der Waals surface area (Å²) in [6, 6.07) is 25.4. The van der Waals surface area contributed by atoms with Gasteiger partial charge in [-0.25, -0.2) is 9.59 Å². The molecule has 3 atom stereocenters. The predicted molar refractivity (Wildman–Crippen MR) is 212 cm³/mol. The number of benzene rings is 4. The molecule has 0 fully saturated rings. The van der Waals surface area contributed by atoms with Gasteiger partial charge in [0.05, 0.1) is 50.1 Å². The van der Waals surface area contributed by atoms with E-state index in [9.17, 15) is 9.59 Å². The first kappa shape index (κ1) is 39.7. The molecule has 0 spiro atoms. The summed E-state index contributed by atoms with van der Waals surface area (Å²) in [5.41, 5.74) is 5.07. The van der Waals surface area contributed by atoms with Crippen molar-refractivity contribution in [2.45, 2.75) is 65.2 Å². The van der Waals surface area contributed by atoms with Crippen molar-refractivity contribution in [3.63, 3.8) is 0 Å². The molecule has 0 radical (unpaired) electrons. The molecule has 1 aliphatic rings. The maximum Gasteiger partial charge on any atom is 0.343 e. The van der Waals surface area contributed by atoms with Crippen LogP contribution < -0.4 is 18.9 Å². The van der Waals surface area contributed by atoms with E-state index in [1.807, 2.05) is 36.4 Å². The smallest absolute Gasteiger partial charge is 0.343 e. The van der Waals surface area contributed by atoms with Crippen molar-refractivity contribution in [1.29, 1.82) is 0 Å². The second-order valence-electron chi connectivity index (χ2n) is 13.9. The van der Waals surface area contributed by atoms with Crippen molar-refractivity contribution < 1.29 is 38.0 Å². The SMILES string of the molecule is C=COCCCC(C)CCOc1ccc(C(=O)Oc2ccc3c(c2)C(C)c2cc(OC(=O)c4ccc(OCC[C@@H](C)CCCOC=C)cc4)ccc2-3)cc1. The first-order chi connectivity index (χ1) is 26.2. The van der Waals surface area contributed by atoms with Crippen molar-refractivity contribution in [3.8, 4) is 34.1 Å². The van der Waals surface area contributed by atoms with Gasteiger partial charge >= 0.3 is 11.9 Å². The Hall–Kier alpha value is -5.50. The summed E-state index contributed by atoms with van der Waals surface area (Å²) in [5.74, 6) is 2.53. The van der Waals surface area contributed by atoms with Crippen LogP contribution in [0.1, 0.15) is 97.1 Å². The topological polar surface area (TPSA) is 89.5 Å². The van der Waals surface area contributed by atoms with Crippen LogP contribution in [0.3, 0.4) is 0 Å². The van der Waals surface area contributed by atoms with E-state index in [4.69, 9.17) is 28.4 Å². The normalized spacial score (nSPS) is 13.8. The van der Waals surface area contributed by atoms with E-state index in [-0.39, 0.29) is 5.92 Å². The zero-order valence-corrected chi connectivity index (χ0v) is 31.7. The van der Waals surface area contributed by atoms with E-state index < -0.39 is 11.9 Å². The molecule has 5 rings (SSSR count). The Morgan fingerprint density at radius 1 is 0.574 bits per heavy atom. The molecule has 4 aromatic rings. The number of carbonyl (C=O) groups is 2. The van der Waals surface area contributed by atoms with E-state index in [0.717, 1.165) is 60.8 Å². The molecular weight excluding hydrogens is 680 g/mol. The molecule has 1 aliphatic carbocycles. The Morgan fingerprint density at radius 2 is 0.963 bits per heavy atom. The molecule has 0 saturated carbocycles. The molecule has 8 nitrogen and oxygen atoms in total. The van der Waals surface area contributed by atoms with Gasteiger partial charge in [-0.2, -0.15) is 0 Å². The maximum atomic E-state index is 13.0. The Kier molecular flexibility index (Phi) is 14.8. The fraction of sp³-hybridized carbons (Fsp3) is 0.348. The number of ether oxygens (including phenoxy) is 6. The van der Waals surface area contributed by atoms with Crippen LogP contribution in [0.4, 0.5) is 0 Å². The van der Waals surface area contributed by atoms with Gasteiger partial charge in [0, 0.05) is 5.92 Å². The average molecular weight is 733 g/mol. The molecular formula is C46H52O8. The van der Waals surface area contributed by atoms with Crippen molar-refractivity contribution in [1.82, 2.24) is 0 Å². The molecule has 2 unspecified atom stereocenters. The summed E-state index contributed by atoms with van der Waals surface area (Å²) in [4.78, 5) is 26.1. The van der Waals surface area contributed by atoms with Gasteiger partial charge in [-0.3, -0.25) is 0 Å². The fourth-order valence-corrected chi connectivity index (χ4v) is 6.53. The minimum atomic E-state index is -0.440. The molecule has 0 heterocycles. The highest BCUT2D eigenvalue weighted by molar-refractivity contribution is 5.92. The lowest BCUT2D eigenvalue weighted by Crippen LogP contribution is -2.09. The van der Waals surface area contributed by atoms with E-state index in [1.54, 1.807) is 48.5 Å². The Balaban J connectivity index is 1.09. The molecule has 8 heteroatoms. The van der Waals surface area contributed by atoms with Crippen LogP contribution in [0.5, 0.6) is 23.0 Å². The third kappa shape index (κ3) is 11.3. The van der Waals surface area contributed by atoms with Gasteiger partial charge in [-0.1, -0.05) is 46.1 Å². The van der Waals surface area contributed by atoms with Crippen molar-refractivity contribution in [2.75, 3.05) is 26.4 Å². The number of hydrogen-bond donors (Lipinski definition) is 0. The highest BCUT2D eigenvalue weighted by Crippen LogP contribution is 2.47. The summed E-state index contributed by atoms with van der Waals surface area (Å²) in [7, 11) is 0. The summed E-state index contributed by atoms with van der Waals surface area (Å²) in [6.07, 6.45) is 8.92. The summed E-state index contributed by atoms with van der Waals surface area (Å²) >= 11 is 0. The Bertz CT molecular complexity index is 1710. The predicted octanol–water partition coefficient (Wildman–Crippen LogP) is 10.9. The van der Waals surface area contributed by atoms with Gasteiger partial charge in [-0.15, -0.1) is 0 Å². The highest BCUT2D eigenvalue weighted by Gasteiger charge is 2.27. The lowest BCUT2D eigenvalue weighted by atomic mass is 9.99. The third-order valence-electron chi connectivity index (χ3n) is 9.78. The second-order valence-corrected chi connectivity index (χ2v) is 13.9. The van der Waals surface area contributed by atoms with Crippen molar-refractivity contribution in [2.24, 2.45) is 11.8 Å². The van der Waals surface area contributed by atoms with E-state index in [1.165, 1.54) is 12.5 Å². The molecule has 0 amide bonds.